The number of hydrogen-bond donors (Lipinski definition) is 1. The van der Waals surface area contributed by atoms with Gasteiger partial charge in [0.05, 0.1) is 0 Å². The van der Waals surface area contributed by atoms with Crippen LogP contribution in [0.4, 0.5) is 8.78 Å². The van der Waals surface area contributed by atoms with Gasteiger partial charge < -0.3 is 10.1 Å². The third-order valence-electron chi connectivity index (χ3n) is 3.13. The highest BCUT2D eigenvalue weighted by Gasteiger charge is 2.08. The van der Waals surface area contributed by atoms with Gasteiger partial charge >= 0.3 is 6.61 Å². The standard InChI is InChI=1S/C16H16BrF2NO/c1-11(14-4-2-3-5-15(14)17)20-10-12-6-8-13(9-7-12)21-16(18)19/h2-9,11,16,20H,10H2,1H3. The Morgan fingerprint density at radius 3 is 2.38 bits per heavy atom. The SMILES string of the molecule is CC(NCc1ccc(OC(F)F)cc1)c1ccccc1Br. The molecule has 1 unspecified atom stereocenters. The molecule has 0 radical (unpaired) electrons. The summed E-state index contributed by atoms with van der Waals surface area (Å²) in [5, 5.41) is 3.40. The largest absolute Gasteiger partial charge is 0.435 e. The summed E-state index contributed by atoms with van der Waals surface area (Å²) in [6.45, 7) is -0.0596. The van der Waals surface area contributed by atoms with E-state index in [1.54, 1.807) is 24.3 Å². The van der Waals surface area contributed by atoms with E-state index in [4.69, 9.17) is 0 Å². The van der Waals surface area contributed by atoms with E-state index in [2.05, 4.69) is 39.0 Å². The number of benzene rings is 2. The zero-order chi connectivity index (χ0) is 15.2. The van der Waals surface area contributed by atoms with E-state index >= 15 is 0 Å². The first-order valence-electron chi connectivity index (χ1n) is 6.58. The van der Waals surface area contributed by atoms with Crippen LogP contribution in [0, 0.1) is 0 Å². The van der Waals surface area contributed by atoms with Crippen LogP contribution in [0.15, 0.2) is 53.0 Å². The van der Waals surface area contributed by atoms with Gasteiger partial charge in [0.15, 0.2) is 0 Å². The lowest BCUT2D eigenvalue weighted by Crippen LogP contribution is -2.18. The first kappa shape index (κ1) is 15.9. The van der Waals surface area contributed by atoms with Gasteiger partial charge in [-0.1, -0.05) is 46.3 Å². The summed E-state index contributed by atoms with van der Waals surface area (Å²) < 4.78 is 29.5. The molecule has 0 saturated heterocycles. The molecule has 0 aromatic heterocycles. The Morgan fingerprint density at radius 2 is 1.76 bits per heavy atom. The maximum atomic E-state index is 12.1. The van der Waals surface area contributed by atoms with Gasteiger partial charge in [-0.25, -0.2) is 0 Å². The topological polar surface area (TPSA) is 21.3 Å². The van der Waals surface area contributed by atoms with Gasteiger partial charge in [-0.2, -0.15) is 8.78 Å². The van der Waals surface area contributed by atoms with Crippen molar-refractivity contribution in [3.05, 3.63) is 64.1 Å². The average molecular weight is 356 g/mol. The van der Waals surface area contributed by atoms with Crippen molar-refractivity contribution in [1.82, 2.24) is 5.32 Å². The molecule has 2 aromatic rings. The van der Waals surface area contributed by atoms with E-state index in [-0.39, 0.29) is 11.8 Å². The van der Waals surface area contributed by atoms with Crippen molar-refractivity contribution in [2.45, 2.75) is 26.1 Å². The Hall–Kier alpha value is -1.46. The maximum Gasteiger partial charge on any atom is 0.387 e. The predicted molar refractivity (Wildman–Crippen MR) is 82.5 cm³/mol. The van der Waals surface area contributed by atoms with Gasteiger partial charge in [0.25, 0.3) is 0 Å². The maximum absolute atomic E-state index is 12.1. The summed E-state index contributed by atoms with van der Waals surface area (Å²) in [4.78, 5) is 0. The molecule has 0 aliphatic rings. The molecular formula is C16H16BrF2NO. The van der Waals surface area contributed by atoms with Crippen molar-refractivity contribution in [3.63, 3.8) is 0 Å². The van der Waals surface area contributed by atoms with Crippen molar-refractivity contribution in [3.8, 4) is 5.75 Å². The van der Waals surface area contributed by atoms with Gasteiger partial charge in [-0.3, -0.25) is 0 Å². The van der Waals surface area contributed by atoms with Crippen molar-refractivity contribution >= 4 is 15.9 Å². The summed E-state index contributed by atoms with van der Waals surface area (Å²) in [6, 6.07) is 14.9. The molecule has 1 N–H and O–H groups in total. The van der Waals surface area contributed by atoms with E-state index in [0.29, 0.717) is 6.54 Å². The van der Waals surface area contributed by atoms with E-state index in [0.717, 1.165) is 10.0 Å². The van der Waals surface area contributed by atoms with Crippen LogP contribution in [0.5, 0.6) is 5.75 Å². The smallest absolute Gasteiger partial charge is 0.387 e. The quantitative estimate of drug-likeness (QED) is 0.795. The zero-order valence-electron chi connectivity index (χ0n) is 11.5. The first-order valence-corrected chi connectivity index (χ1v) is 7.37. The number of hydrogen-bond acceptors (Lipinski definition) is 2. The van der Waals surface area contributed by atoms with Crippen LogP contribution in [0.25, 0.3) is 0 Å². The molecule has 0 aliphatic carbocycles. The Kier molecular flexibility index (Phi) is 5.70. The lowest BCUT2D eigenvalue weighted by atomic mass is 10.1. The lowest BCUT2D eigenvalue weighted by Gasteiger charge is -2.16. The van der Waals surface area contributed by atoms with Gasteiger partial charge in [0.1, 0.15) is 5.75 Å². The number of alkyl halides is 2. The average Bonchev–Trinajstić information content (AvgIpc) is 2.46. The minimum absolute atomic E-state index is 0.174. The highest BCUT2D eigenvalue weighted by molar-refractivity contribution is 9.10. The summed E-state index contributed by atoms with van der Waals surface area (Å²) in [7, 11) is 0. The molecule has 0 bridgehead atoms. The zero-order valence-corrected chi connectivity index (χ0v) is 13.1. The van der Waals surface area contributed by atoms with Gasteiger partial charge in [-0.05, 0) is 36.2 Å². The second-order valence-electron chi connectivity index (χ2n) is 4.65. The molecule has 112 valence electrons. The van der Waals surface area contributed by atoms with Crippen LogP contribution in [0.3, 0.4) is 0 Å². The van der Waals surface area contributed by atoms with Crippen LogP contribution < -0.4 is 10.1 Å². The fourth-order valence-electron chi connectivity index (χ4n) is 2.00. The highest BCUT2D eigenvalue weighted by Crippen LogP contribution is 2.23. The number of ether oxygens (including phenoxy) is 1. The summed E-state index contributed by atoms with van der Waals surface area (Å²) in [5.41, 5.74) is 2.19. The van der Waals surface area contributed by atoms with Crippen molar-refractivity contribution in [2.24, 2.45) is 0 Å². The van der Waals surface area contributed by atoms with Gasteiger partial charge in [-0.15, -0.1) is 0 Å². The predicted octanol–water partition coefficient (Wildman–Crippen LogP) is 4.90. The van der Waals surface area contributed by atoms with E-state index in [1.165, 1.54) is 5.56 Å². The molecule has 2 nitrogen and oxygen atoms in total. The molecule has 2 rings (SSSR count). The third-order valence-corrected chi connectivity index (χ3v) is 3.85. The highest BCUT2D eigenvalue weighted by atomic mass is 79.9. The monoisotopic (exact) mass is 355 g/mol. The summed E-state index contributed by atoms with van der Waals surface area (Å²) >= 11 is 3.53. The molecule has 0 spiro atoms. The Morgan fingerprint density at radius 1 is 1.10 bits per heavy atom. The number of rotatable bonds is 6. The second kappa shape index (κ2) is 7.52. The number of halogens is 3. The van der Waals surface area contributed by atoms with Crippen LogP contribution in [0.2, 0.25) is 0 Å². The number of nitrogens with one attached hydrogen (secondary N) is 1. The molecule has 1 atom stereocenters. The molecule has 0 heterocycles. The molecular weight excluding hydrogens is 340 g/mol. The summed E-state index contributed by atoms with van der Waals surface area (Å²) in [6.07, 6.45) is 0. The van der Waals surface area contributed by atoms with E-state index in [1.807, 2.05) is 18.2 Å². The molecule has 2 aromatic carbocycles. The summed E-state index contributed by atoms with van der Waals surface area (Å²) in [5.74, 6) is 0.174. The lowest BCUT2D eigenvalue weighted by molar-refractivity contribution is -0.0498. The van der Waals surface area contributed by atoms with Crippen LogP contribution in [-0.2, 0) is 6.54 Å². The fraction of sp³-hybridized carbons (Fsp3) is 0.250. The van der Waals surface area contributed by atoms with Crippen LogP contribution >= 0.6 is 15.9 Å². The normalized spacial score (nSPS) is 12.4. The van der Waals surface area contributed by atoms with Crippen molar-refractivity contribution < 1.29 is 13.5 Å². The van der Waals surface area contributed by atoms with Gasteiger partial charge in [0, 0.05) is 17.1 Å². The van der Waals surface area contributed by atoms with Gasteiger partial charge in [0.2, 0.25) is 0 Å². The van der Waals surface area contributed by atoms with Crippen molar-refractivity contribution in [2.75, 3.05) is 0 Å². The van der Waals surface area contributed by atoms with Crippen LogP contribution in [-0.4, -0.2) is 6.61 Å². The minimum atomic E-state index is -2.79. The Bertz CT molecular complexity index is 575. The third kappa shape index (κ3) is 4.79. The minimum Gasteiger partial charge on any atom is -0.435 e. The van der Waals surface area contributed by atoms with E-state index in [9.17, 15) is 8.78 Å². The Balaban J connectivity index is 1.92. The molecule has 0 saturated carbocycles. The van der Waals surface area contributed by atoms with Crippen molar-refractivity contribution in [1.29, 1.82) is 0 Å². The second-order valence-corrected chi connectivity index (χ2v) is 5.50. The molecule has 0 aliphatic heterocycles. The Labute approximate surface area is 131 Å². The molecule has 5 heteroatoms. The van der Waals surface area contributed by atoms with E-state index < -0.39 is 6.61 Å². The fourth-order valence-corrected chi connectivity index (χ4v) is 2.62. The first-order chi connectivity index (χ1) is 10.1. The molecule has 21 heavy (non-hydrogen) atoms. The van der Waals surface area contributed by atoms with Crippen LogP contribution in [0.1, 0.15) is 24.1 Å². The molecule has 0 fully saturated rings. The molecule has 0 amide bonds.